The van der Waals surface area contributed by atoms with Crippen LogP contribution in [-0.2, 0) is 24.0 Å². The van der Waals surface area contributed by atoms with Gasteiger partial charge in [0.25, 0.3) is 0 Å². The van der Waals surface area contributed by atoms with E-state index in [4.69, 9.17) is 9.15 Å². The van der Waals surface area contributed by atoms with Gasteiger partial charge in [-0.1, -0.05) is 19.1 Å². The molecule has 0 radical (unpaired) electrons. The molecule has 2 N–H and O–H groups in total. The Hall–Kier alpha value is -2.70. The van der Waals surface area contributed by atoms with Crippen LogP contribution in [0.3, 0.4) is 0 Å². The van der Waals surface area contributed by atoms with E-state index in [-0.39, 0.29) is 17.2 Å². The van der Waals surface area contributed by atoms with Crippen LogP contribution in [-0.4, -0.2) is 25.8 Å². The van der Waals surface area contributed by atoms with Crippen LogP contribution in [0, 0.1) is 12.8 Å². The molecule has 0 spiro atoms. The van der Waals surface area contributed by atoms with Crippen molar-refractivity contribution in [3.8, 4) is 5.75 Å². The van der Waals surface area contributed by atoms with Crippen molar-refractivity contribution in [2.75, 3.05) is 0 Å². The zero-order valence-electron chi connectivity index (χ0n) is 19.5. The molecule has 2 heterocycles. The Labute approximate surface area is 194 Å². The molecule has 6 heteroatoms. The maximum Gasteiger partial charge on any atom is 0.229 e. The predicted molar refractivity (Wildman–Crippen MR) is 124 cm³/mol. The molecule has 1 fully saturated rings. The molecule has 1 aromatic carbocycles. The second-order valence-corrected chi connectivity index (χ2v) is 9.95. The summed E-state index contributed by atoms with van der Waals surface area (Å²) in [7, 11) is 0. The number of aliphatic hydroxyl groups is 2. The number of hydrogen-bond donors (Lipinski definition) is 2. The van der Waals surface area contributed by atoms with E-state index in [9.17, 15) is 10.2 Å². The molecule has 0 amide bonds. The zero-order chi connectivity index (χ0) is 23.3. The van der Waals surface area contributed by atoms with Crippen molar-refractivity contribution in [3.05, 3.63) is 77.3 Å². The molecule has 2 aromatic heterocycles. The molecular formula is C27H32N2O4. The van der Waals surface area contributed by atoms with Crippen LogP contribution in [0.15, 0.2) is 53.4 Å². The molecule has 6 nitrogen and oxygen atoms in total. The number of aromatic nitrogens is 2. The van der Waals surface area contributed by atoms with Crippen LogP contribution < -0.4 is 4.74 Å². The van der Waals surface area contributed by atoms with Gasteiger partial charge < -0.3 is 19.4 Å². The normalized spacial score (nSPS) is 31.0. The van der Waals surface area contributed by atoms with Crippen molar-refractivity contribution in [3.63, 3.8) is 0 Å². The highest BCUT2D eigenvalue weighted by atomic mass is 16.5. The molecule has 0 unspecified atom stereocenters. The Morgan fingerprint density at radius 1 is 1.18 bits per heavy atom. The summed E-state index contributed by atoms with van der Waals surface area (Å²) in [6.07, 6.45) is 8.37. The van der Waals surface area contributed by atoms with E-state index in [0.29, 0.717) is 19.4 Å². The molecular weight excluding hydrogens is 416 g/mol. The first-order valence-corrected chi connectivity index (χ1v) is 11.8. The summed E-state index contributed by atoms with van der Waals surface area (Å²) < 4.78 is 11.6. The van der Waals surface area contributed by atoms with E-state index in [1.165, 1.54) is 23.6 Å². The first-order valence-electron chi connectivity index (χ1n) is 11.8. The number of aryl methyl sites for hydroxylation is 2. The second kappa shape index (κ2) is 7.96. The van der Waals surface area contributed by atoms with Crippen molar-refractivity contribution in [1.29, 1.82) is 0 Å². The third kappa shape index (κ3) is 3.47. The molecule has 5 rings (SSSR count). The van der Waals surface area contributed by atoms with Crippen LogP contribution in [0.2, 0.25) is 0 Å². The van der Waals surface area contributed by atoms with Crippen molar-refractivity contribution in [1.82, 2.24) is 9.97 Å². The van der Waals surface area contributed by atoms with Crippen LogP contribution in [0.1, 0.15) is 67.8 Å². The largest absolute Gasteiger partial charge is 0.489 e. The molecule has 4 atom stereocenters. The van der Waals surface area contributed by atoms with Gasteiger partial charge in [0.2, 0.25) is 5.89 Å². The van der Waals surface area contributed by atoms with Gasteiger partial charge in [-0.05, 0) is 81.2 Å². The second-order valence-electron chi connectivity index (χ2n) is 9.95. The number of hydrogen-bond acceptors (Lipinski definition) is 6. The number of pyridine rings is 1. The lowest BCUT2D eigenvalue weighted by Crippen LogP contribution is -2.62. The number of rotatable bonds is 5. The average molecular weight is 449 g/mol. The highest BCUT2D eigenvalue weighted by Gasteiger charge is 2.62. The minimum Gasteiger partial charge on any atom is -0.489 e. The van der Waals surface area contributed by atoms with E-state index in [2.05, 4.69) is 29.0 Å². The van der Waals surface area contributed by atoms with Crippen LogP contribution >= 0.6 is 0 Å². The lowest BCUT2D eigenvalue weighted by atomic mass is 9.49. The van der Waals surface area contributed by atoms with E-state index >= 15 is 0 Å². The molecule has 174 valence electrons. The van der Waals surface area contributed by atoms with Crippen molar-refractivity contribution < 1.29 is 19.4 Å². The van der Waals surface area contributed by atoms with Gasteiger partial charge in [0.1, 0.15) is 24.2 Å². The van der Waals surface area contributed by atoms with Crippen molar-refractivity contribution in [2.45, 2.75) is 76.1 Å². The van der Waals surface area contributed by atoms with Gasteiger partial charge in [0.05, 0.1) is 6.20 Å². The highest BCUT2D eigenvalue weighted by Crippen LogP contribution is 2.59. The fourth-order valence-electron chi connectivity index (χ4n) is 6.23. The van der Waals surface area contributed by atoms with Gasteiger partial charge in [-0.3, -0.25) is 4.98 Å². The average Bonchev–Trinajstić information content (AvgIpc) is 3.35. The lowest BCUT2D eigenvalue weighted by Gasteiger charge is -2.57. The third-order valence-corrected chi connectivity index (χ3v) is 8.18. The van der Waals surface area contributed by atoms with Gasteiger partial charge in [-0.2, -0.15) is 0 Å². The SMILES string of the molecule is CC[C@@]12C[C@@](C)(O)[C@@](O)(c3ncco3)C[C@H]1CCc1cc(OCc3cccnc3C)ccc12. The molecule has 2 aliphatic carbocycles. The molecule has 33 heavy (non-hydrogen) atoms. The summed E-state index contributed by atoms with van der Waals surface area (Å²) >= 11 is 0. The van der Waals surface area contributed by atoms with Crippen molar-refractivity contribution >= 4 is 0 Å². The molecule has 2 aliphatic rings. The van der Waals surface area contributed by atoms with E-state index in [1.54, 1.807) is 13.1 Å². The Morgan fingerprint density at radius 2 is 2.03 bits per heavy atom. The number of benzene rings is 1. The summed E-state index contributed by atoms with van der Waals surface area (Å²) in [5.41, 5.74) is 1.51. The first-order chi connectivity index (χ1) is 15.8. The standard InChI is InChI=1S/C27H32N2O4/c1-4-26-17-25(3,30)27(31,24-29-12-13-32-24)15-21(26)8-7-19-14-22(9-10-23(19)26)33-16-20-6-5-11-28-18(20)2/h5-6,9-14,21,30-31H,4,7-8,15-17H2,1-3H3/t21-,25-,26-,27+/m1/s1. The Kier molecular flexibility index (Phi) is 5.33. The maximum absolute atomic E-state index is 11.6. The Bertz CT molecular complexity index is 1140. The smallest absolute Gasteiger partial charge is 0.229 e. The Morgan fingerprint density at radius 3 is 2.76 bits per heavy atom. The molecule has 0 bridgehead atoms. The molecule has 3 aromatic rings. The summed E-state index contributed by atoms with van der Waals surface area (Å²) in [6.45, 7) is 6.37. The summed E-state index contributed by atoms with van der Waals surface area (Å²) in [5.74, 6) is 1.27. The van der Waals surface area contributed by atoms with Crippen LogP contribution in [0.25, 0.3) is 0 Å². The number of nitrogens with zero attached hydrogens (tertiary/aromatic N) is 2. The fraction of sp³-hybridized carbons (Fsp3) is 0.481. The molecule has 0 aliphatic heterocycles. The van der Waals surface area contributed by atoms with Crippen LogP contribution in [0.4, 0.5) is 0 Å². The van der Waals surface area contributed by atoms with E-state index < -0.39 is 11.2 Å². The zero-order valence-corrected chi connectivity index (χ0v) is 19.5. The van der Waals surface area contributed by atoms with Gasteiger partial charge in [-0.15, -0.1) is 0 Å². The fourth-order valence-corrected chi connectivity index (χ4v) is 6.23. The monoisotopic (exact) mass is 448 g/mol. The first kappa shape index (κ1) is 22.1. The minimum atomic E-state index is -1.50. The van der Waals surface area contributed by atoms with E-state index in [0.717, 1.165) is 36.3 Å². The molecule has 1 saturated carbocycles. The minimum absolute atomic E-state index is 0.206. The highest BCUT2D eigenvalue weighted by molar-refractivity contribution is 5.44. The number of fused-ring (bicyclic) bond motifs is 3. The topological polar surface area (TPSA) is 88.6 Å². The van der Waals surface area contributed by atoms with Gasteiger partial charge in [-0.25, -0.2) is 4.98 Å². The summed E-state index contributed by atoms with van der Waals surface area (Å²) in [5, 5.41) is 23.1. The van der Waals surface area contributed by atoms with Gasteiger partial charge in [0, 0.05) is 22.9 Å². The summed E-state index contributed by atoms with van der Waals surface area (Å²) in [6, 6.07) is 10.3. The lowest BCUT2D eigenvalue weighted by molar-refractivity contribution is -0.215. The third-order valence-electron chi connectivity index (χ3n) is 8.18. The van der Waals surface area contributed by atoms with E-state index in [1.807, 2.05) is 25.1 Å². The van der Waals surface area contributed by atoms with Crippen molar-refractivity contribution in [2.24, 2.45) is 5.92 Å². The predicted octanol–water partition coefficient (Wildman–Crippen LogP) is 4.60. The maximum atomic E-state index is 11.6. The van der Waals surface area contributed by atoms with Gasteiger partial charge in [0.15, 0.2) is 5.60 Å². The quantitative estimate of drug-likeness (QED) is 0.593. The number of ether oxygens (including phenoxy) is 1. The van der Waals surface area contributed by atoms with Crippen LogP contribution in [0.5, 0.6) is 5.75 Å². The van der Waals surface area contributed by atoms with Gasteiger partial charge >= 0.3 is 0 Å². The Balaban J connectivity index is 1.45. The number of oxazole rings is 1. The summed E-state index contributed by atoms with van der Waals surface area (Å²) in [4.78, 5) is 8.54. The molecule has 0 saturated heterocycles.